The van der Waals surface area contributed by atoms with Gasteiger partial charge in [0.25, 0.3) is 0 Å². The van der Waals surface area contributed by atoms with Crippen molar-refractivity contribution in [2.45, 2.75) is 26.3 Å². The van der Waals surface area contributed by atoms with Gasteiger partial charge in [-0.15, -0.1) is 0 Å². The van der Waals surface area contributed by atoms with E-state index < -0.39 is 0 Å². The third-order valence-corrected chi connectivity index (χ3v) is 3.34. The number of nitrogens with two attached hydrogens (primary N) is 1. The van der Waals surface area contributed by atoms with Gasteiger partial charge >= 0.3 is 6.03 Å². The van der Waals surface area contributed by atoms with Gasteiger partial charge < -0.3 is 15.4 Å². The van der Waals surface area contributed by atoms with Crippen LogP contribution in [0.4, 0.5) is 16.2 Å². The monoisotopic (exact) mass is 263 g/mol. The van der Waals surface area contributed by atoms with Crippen molar-refractivity contribution in [3.05, 3.63) is 18.2 Å². The quantitative estimate of drug-likeness (QED) is 0.833. The highest BCUT2D eigenvalue weighted by molar-refractivity contribution is 5.95. The summed E-state index contributed by atoms with van der Waals surface area (Å²) < 4.78 is 5.13. The Hall–Kier alpha value is -1.91. The van der Waals surface area contributed by atoms with Gasteiger partial charge in [-0.25, -0.2) is 4.79 Å². The number of nitrogens with zero attached hydrogens (tertiary/aromatic N) is 2. The molecule has 1 aromatic carbocycles. The van der Waals surface area contributed by atoms with Crippen molar-refractivity contribution < 1.29 is 9.53 Å². The molecule has 2 rings (SSSR count). The molecule has 2 N–H and O–H groups in total. The summed E-state index contributed by atoms with van der Waals surface area (Å²) in [5, 5.41) is 0. The van der Waals surface area contributed by atoms with Crippen LogP contribution in [-0.2, 0) is 0 Å². The van der Waals surface area contributed by atoms with E-state index in [1.807, 2.05) is 31.7 Å². The highest BCUT2D eigenvalue weighted by Gasteiger charge is 2.36. The number of benzene rings is 1. The molecule has 19 heavy (non-hydrogen) atoms. The number of hydrogen-bond donors (Lipinski definition) is 1. The topological polar surface area (TPSA) is 58.8 Å². The minimum atomic E-state index is -0.163. The van der Waals surface area contributed by atoms with Crippen LogP contribution in [0.2, 0.25) is 0 Å². The Kier molecular flexibility index (Phi) is 3.30. The molecule has 1 aromatic rings. The number of rotatable bonds is 2. The first-order valence-electron chi connectivity index (χ1n) is 6.37. The molecule has 0 bridgehead atoms. The van der Waals surface area contributed by atoms with E-state index in [0.29, 0.717) is 18.0 Å². The van der Waals surface area contributed by atoms with Crippen LogP contribution in [0.3, 0.4) is 0 Å². The molecule has 1 fully saturated rings. The summed E-state index contributed by atoms with van der Waals surface area (Å²) in [6.07, 6.45) is 0. The largest absolute Gasteiger partial charge is 0.495 e. The molecule has 104 valence electrons. The van der Waals surface area contributed by atoms with E-state index in [1.54, 1.807) is 24.1 Å². The fourth-order valence-corrected chi connectivity index (χ4v) is 2.29. The molecule has 0 spiro atoms. The first kappa shape index (κ1) is 13.5. The molecule has 5 nitrogen and oxygen atoms in total. The Labute approximate surface area is 113 Å². The van der Waals surface area contributed by atoms with Crippen molar-refractivity contribution in [3.63, 3.8) is 0 Å². The molecule has 0 aliphatic carbocycles. The first-order valence-corrected chi connectivity index (χ1v) is 6.37. The number of urea groups is 1. The molecule has 2 amide bonds. The molecule has 1 heterocycles. The van der Waals surface area contributed by atoms with Gasteiger partial charge in [-0.05, 0) is 39.0 Å². The smallest absolute Gasteiger partial charge is 0.325 e. The minimum Gasteiger partial charge on any atom is -0.495 e. The van der Waals surface area contributed by atoms with Crippen molar-refractivity contribution in [3.8, 4) is 5.75 Å². The van der Waals surface area contributed by atoms with E-state index in [-0.39, 0.29) is 11.6 Å². The Morgan fingerprint density at radius 3 is 2.42 bits per heavy atom. The van der Waals surface area contributed by atoms with Gasteiger partial charge in [0.2, 0.25) is 0 Å². The normalized spacial score (nSPS) is 16.1. The molecule has 1 saturated heterocycles. The zero-order valence-electron chi connectivity index (χ0n) is 11.9. The van der Waals surface area contributed by atoms with Crippen LogP contribution in [-0.4, -0.2) is 36.7 Å². The number of amides is 2. The lowest BCUT2D eigenvalue weighted by Gasteiger charge is -2.31. The molecule has 1 aliphatic heterocycles. The Bertz CT molecular complexity index is 494. The molecular formula is C14H21N3O2. The lowest BCUT2D eigenvalue weighted by Crippen LogP contribution is -2.44. The van der Waals surface area contributed by atoms with E-state index in [4.69, 9.17) is 10.5 Å². The maximum absolute atomic E-state index is 12.4. The number of nitrogen functional groups attached to an aromatic ring is 1. The number of carbonyl (C=O) groups excluding carboxylic acids is 1. The third-order valence-electron chi connectivity index (χ3n) is 3.34. The van der Waals surface area contributed by atoms with Crippen molar-refractivity contribution in [2.75, 3.05) is 30.8 Å². The fraction of sp³-hybridized carbons (Fsp3) is 0.500. The van der Waals surface area contributed by atoms with Gasteiger partial charge in [0.15, 0.2) is 0 Å². The van der Waals surface area contributed by atoms with Gasteiger partial charge in [0, 0.05) is 24.3 Å². The first-order chi connectivity index (χ1) is 8.84. The fourth-order valence-electron chi connectivity index (χ4n) is 2.29. The van der Waals surface area contributed by atoms with Crippen LogP contribution >= 0.6 is 0 Å². The predicted octanol–water partition coefficient (Wildman–Crippen LogP) is 2.32. The average Bonchev–Trinajstić information content (AvgIpc) is 2.70. The van der Waals surface area contributed by atoms with Crippen LogP contribution in [0.1, 0.15) is 20.8 Å². The molecule has 1 aliphatic rings. The van der Waals surface area contributed by atoms with Gasteiger partial charge in [-0.3, -0.25) is 4.90 Å². The number of anilines is 2. The highest BCUT2D eigenvalue weighted by Crippen LogP contribution is 2.30. The number of ether oxygens (including phenoxy) is 1. The molecule has 0 saturated carbocycles. The SMILES string of the molecule is COc1ccc(N2CCN(C(C)(C)C)C2=O)cc1N. The van der Waals surface area contributed by atoms with E-state index >= 15 is 0 Å². The van der Waals surface area contributed by atoms with Gasteiger partial charge in [-0.2, -0.15) is 0 Å². The van der Waals surface area contributed by atoms with Crippen LogP contribution in [0.25, 0.3) is 0 Å². The second-order valence-corrected chi connectivity index (χ2v) is 5.68. The summed E-state index contributed by atoms with van der Waals surface area (Å²) in [4.78, 5) is 16.0. The third kappa shape index (κ3) is 2.45. The van der Waals surface area contributed by atoms with E-state index in [2.05, 4.69) is 0 Å². The summed E-state index contributed by atoms with van der Waals surface area (Å²) in [7, 11) is 1.58. The molecule has 0 aromatic heterocycles. The predicted molar refractivity (Wildman–Crippen MR) is 76.6 cm³/mol. The molecule has 0 unspecified atom stereocenters. The summed E-state index contributed by atoms with van der Waals surface area (Å²) in [5.41, 5.74) is 7.08. The minimum absolute atomic E-state index is 0.0251. The van der Waals surface area contributed by atoms with E-state index in [0.717, 1.165) is 12.2 Å². The number of carbonyl (C=O) groups is 1. The van der Waals surface area contributed by atoms with Crippen molar-refractivity contribution in [2.24, 2.45) is 0 Å². The maximum atomic E-state index is 12.4. The molecule has 5 heteroatoms. The highest BCUT2D eigenvalue weighted by atomic mass is 16.5. The van der Waals surface area contributed by atoms with Crippen molar-refractivity contribution in [1.29, 1.82) is 0 Å². The molecule has 0 radical (unpaired) electrons. The van der Waals surface area contributed by atoms with Crippen molar-refractivity contribution >= 4 is 17.4 Å². The van der Waals surface area contributed by atoms with Crippen LogP contribution in [0.5, 0.6) is 5.75 Å². The zero-order valence-corrected chi connectivity index (χ0v) is 11.9. The van der Waals surface area contributed by atoms with Crippen LogP contribution in [0, 0.1) is 0 Å². The Morgan fingerprint density at radius 2 is 1.95 bits per heavy atom. The summed E-state index contributed by atoms with van der Waals surface area (Å²) >= 11 is 0. The van der Waals surface area contributed by atoms with Crippen LogP contribution in [0.15, 0.2) is 18.2 Å². The lowest BCUT2D eigenvalue weighted by molar-refractivity contribution is 0.173. The Balaban J connectivity index is 2.25. The van der Waals surface area contributed by atoms with Gasteiger partial charge in [0.1, 0.15) is 5.75 Å². The summed E-state index contributed by atoms with van der Waals surface area (Å²) in [5.74, 6) is 0.628. The standard InChI is InChI=1S/C14H21N3O2/c1-14(2,3)17-8-7-16(13(17)18)10-5-6-12(19-4)11(15)9-10/h5-6,9H,7-8,15H2,1-4H3. The van der Waals surface area contributed by atoms with E-state index in [9.17, 15) is 4.79 Å². The maximum Gasteiger partial charge on any atom is 0.325 e. The molecule has 0 atom stereocenters. The van der Waals surface area contributed by atoms with Crippen LogP contribution < -0.4 is 15.4 Å². The van der Waals surface area contributed by atoms with E-state index in [1.165, 1.54) is 0 Å². The van der Waals surface area contributed by atoms with Crippen molar-refractivity contribution in [1.82, 2.24) is 4.90 Å². The number of hydrogen-bond acceptors (Lipinski definition) is 3. The second-order valence-electron chi connectivity index (χ2n) is 5.68. The summed E-state index contributed by atoms with van der Waals surface area (Å²) in [6.45, 7) is 7.53. The Morgan fingerprint density at radius 1 is 1.26 bits per heavy atom. The number of methoxy groups -OCH3 is 1. The zero-order chi connectivity index (χ0) is 14.2. The average molecular weight is 263 g/mol. The van der Waals surface area contributed by atoms with Gasteiger partial charge in [0.05, 0.1) is 12.8 Å². The second kappa shape index (κ2) is 4.64. The summed E-state index contributed by atoms with van der Waals surface area (Å²) in [6, 6.07) is 5.46. The molecular weight excluding hydrogens is 242 g/mol. The van der Waals surface area contributed by atoms with Gasteiger partial charge in [-0.1, -0.05) is 0 Å². The lowest BCUT2D eigenvalue weighted by atomic mass is 10.1.